The molecule has 0 bridgehead atoms. The number of amides is 2. The van der Waals surface area contributed by atoms with Crippen molar-refractivity contribution in [3.63, 3.8) is 0 Å². The van der Waals surface area contributed by atoms with Crippen molar-refractivity contribution < 1.29 is 9.59 Å². The highest BCUT2D eigenvalue weighted by molar-refractivity contribution is 6.05. The van der Waals surface area contributed by atoms with Gasteiger partial charge >= 0.3 is 0 Å². The second-order valence-electron chi connectivity index (χ2n) is 6.07. The lowest BCUT2D eigenvalue weighted by molar-refractivity contribution is -0.138. The molecule has 4 heteroatoms. The van der Waals surface area contributed by atoms with Crippen molar-refractivity contribution >= 4 is 11.8 Å². The van der Waals surface area contributed by atoms with Gasteiger partial charge in [0.15, 0.2) is 0 Å². The van der Waals surface area contributed by atoms with E-state index in [1.54, 1.807) is 0 Å². The van der Waals surface area contributed by atoms with Crippen LogP contribution in [-0.4, -0.2) is 35.8 Å². The minimum absolute atomic E-state index is 0.0183. The highest BCUT2D eigenvalue weighted by Gasteiger charge is 2.37. The number of rotatable bonds is 12. The molecule has 0 radical (unpaired) electrons. The number of likely N-dealkylation sites (tertiary alicyclic amines) is 1. The average molecular weight is 296 g/mol. The standard InChI is InChI=1S/C17H32N2O2/c1-3-5-6-7-8-9-10-11-12-18-15-14-16(20)19(13-4-2)17(15)21/h15,18H,3-14H2,1-2H3. The molecule has 1 heterocycles. The molecule has 0 spiro atoms. The molecule has 1 atom stereocenters. The fraction of sp³-hybridized carbons (Fsp3) is 0.882. The van der Waals surface area contributed by atoms with Crippen molar-refractivity contribution in [2.45, 2.75) is 84.1 Å². The third kappa shape index (κ3) is 6.60. The van der Waals surface area contributed by atoms with Gasteiger partial charge in [-0.1, -0.05) is 58.8 Å². The number of unbranched alkanes of at least 4 members (excludes halogenated alkanes) is 7. The van der Waals surface area contributed by atoms with Gasteiger partial charge in [0.05, 0.1) is 12.5 Å². The molecule has 1 unspecified atom stereocenters. The highest BCUT2D eigenvalue weighted by atomic mass is 16.2. The summed E-state index contributed by atoms with van der Waals surface area (Å²) in [6, 6.07) is -0.270. The summed E-state index contributed by atoms with van der Waals surface area (Å²) in [5.41, 5.74) is 0. The molecule has 1 rings (SSSR count). The fourth-order valence-electron chi connectivity index (χ4n) is 2.84. The predicted octanol–water partition coefficient (Wildman–Crippen LogP) is 3.25. The summed E-state index contributed by atoms with van der Waals surface area (Å²) < 4.78 is 0. The molecule has 2 amide bonds. The molecule has 1 N–H and O–H groups in total. The highest BCUT2D eigenvalue weighted by Crippen LogP contribution is 2.14. The molecule has 0 aromatic heterocycles. The molecule has 1 fully saturated rings. The van der Waals surface area contributed by atoms with Gasteiger partial charge in [0.2, 0.25) is 11.8 Å². The van der Waals surface area contributed by atoms with E-state index < -0.39 is 0 Å². The largest absolute Gasteiger partial charge is 0.305 e. The predicted molar refractivity (Wildman–Crippen MR) is 86.0 cm³/mol. The van der Waals surface area contributed by atoms with Gasteiger partial charge < -0.3 is 5.32 Å². The Kier molecular flexibility index (Phi) is 9.31. The molecule has 1 aliphatic heterocycles. The van der Waals surface area contributed by atoms with Gasteiger partial charge in [-0.2, -0.15) is 0 Å². The fourth-order valence-corrected chi connectivity index (χ4v) is 2.84. The summed E-state index contributed by atoms with van der Waals surface area (Å²) in [5.74, 6) is -0.0447. The summed E-state index contributed by atoms with van der Waals surface area (Å²) >= 11 is 0. The van der Waals surface area contributed by atoms with Crippen LogP contribution in [0.5, 0.6) is 0 Å². The van der Waals surface area contributed by atoms with Crippen molar-refractivity contribution in [3.8, 4) is 0 Å². The molecule has 0 aromatic rings. The van der Waals surface area contributed by atoms with E-state index in [4.69, 9.17) is 0 Å². The number of carbonyl (C=O) groups excluding carboxylic acids is 2. The van der Waals surface area contributed by atoms with E-state index >= 15 is 0 Å². The van der Waals surface area contributed by atoms with E-state index in [0.29, 0.717) is 13.0 Å². The monoisotopic (exact) mass is 296 g/mol. The van der Waals surface area contributed by atoms with Crippen LogP contribution >= 0.6 is 0 Å². The zero-order valence-corrected chi connectivity index (χ0v) is 13.8. The molecule has 0 aromatic carbocycles. The summed E-state index contributed by atoms with van der Waals surface area (Å²) in [6.45, 7) is 5.64. The van der Waals surface area contributed by atoms with Gasteiger partial charge in [-0.25, -0.2) is 0 Å². The Morgan fingerprint density at radius 1 is 0.952 bits per heavy atom. The number of nitrogens with zero attached hydrogens (tertiary/aromatic N) is 1. The first-order valence-electron chi connectivity index (χ1n) is 8.78. The quantitative estimate of drug-likeness (QED) is 0.444. The Bertz CT molecular complexity index is 318. The van der Waals surface area contributed by atoms with Crippen molar-refractivity contribution in [3.05, 3.63) is 0 Å². The van der Waals surface area contributed by atoms with Crippen LogP contribution in [0.1, 0.15) is 78.1 Å². The maximum atomic E-state index is 12.0. The molecular weight excluding hydrogens is 264 g/mol. The van der Waals surface area contributed by atoms with Crippen molar-refractivity contribution in [1.82, 2.24) is 10.2 Å². The van der Waals surface area contributed by atoms with E-state index in [0.717, 1.165) is 19.4 Å². The van der Waals surface area contributed by atoms with Gasteiger partial charge in [0, 0.05) is 6.54 Å². The van der Waals surface area contributed by atoms with E-state index in [9.17, 15) is 9.59 Å². The summed E-state index contributed by atoms with van der Waals surface area (Å²) in [6.07, 6.45) is 11.5. The number of carbonyl (C=O) groups is 2. The van der Waals surface area contributed by atoms with Gasteiger partial charge in [-0.05, 0) is 19.4 Å². The Hall–Kier alpha value is -0.900. The molecule has 4 nitrogen and oxygen atoms in total. The van der Waals surface area contributed by atoms with Crippen molar-refractivity contribution in [2.24, 2.45) is 0 Å². The average Bonchev–Trinajstić information content (AvgIpc) is 2.74. The van der Waals surface area contributed by atoms with Crippen LogP contribution in [0.15, 0.2) is 0 Å². The SMILES string of the molecule is CCCCCCCCCCNC1CC(=O)N(CCC)C1=O. The topological polar surface area (TPSA) is 49.4 Å². The molecule has 1 aliphatic rings. The summed E-state index contributed by atoms with van der Waals surface area (Å²) in [5, 5.41) is 3.25. The number of hydrogen-bond donors (Lipinski definition) is 1. The van der Waals surface area contributed by atoms with Gasteiger partial charge in [-0.15, -0.1) is 0 Å². The first kappa shape index (κ1) is 18.1. The molecule has 122 valence electrons. The zero-order chi connectivity index (χ0) is 15.5. The van der Waals surface area contributed by atoms with Crippen LogP contribution in [0, 0.1) is 0 Å². The molecule has 0 saturated carbocycles. The summed E-state index contributed by atoms with van der Waals surface area (Å²) in [7, 11) is 0. The first-order chi connectivity index (χ1) is 10.2. The Labute approximate surface area is 129 Å². The smallest absolute Gasteiger partial charge is 0.246 e. The van der Waals surface area contributed by atoms with Gasteiger partial charge in [0.25, 0.3) is 0 Å². The van der Waals surface area contributed by atoms with Gasteiger partial charge in [0.1, 0.15) is 0 Å². The summed E-state index contributed by atoms with van der Waals surface area (Å²) in [4.78, 5) is 25.1. The Morgan fingerprint density at radius 2 is 1.57 bits per heavy atom. The third-order valence-corrected chi connectivity index (χ3v) is 4.11. The molecular formula is C17H32N2O2. The number of imide groups is 1. The molecule has 0 aliphatic carbocycles. The third-order valence-electron chi connectivity index (χ3n) is 4.11. The van der Waals surface area contributed by atoms with E-state index in [-0.39, 0.29) is 17.9 Å². The van der Waals surface area contributed by atoms with Crippen LogP contribution in [0.2, 0.25) is 0 Å². The normalized spacial score (nSPS) is 18.8. The maximum Gasteiger partial charge on any atom is 0.246 e. The maximum absolute atomic E-state index is 12.0. The van der Waals surface area contributed by atoms with E-state index in [2.05, 4.69) is 12.2 Å². The minimum Gasteiger partial charge on any atom is -0.305 e. The van der Waals surface area contributed by atoms with Crippen LogP contribution in [0.4, 0.5) is 0 Å². The van der Waals surface area contributed by atoms with Gasteiger partial charge in [-0.3, -0.25) is 14.5 Å². The first-order valence-corrected chi connectivity index (χ1v) is 8.78. The lowest BCUT2D eigenvalue weighted by Gasteiger charge is -2.14. The number of hydrogen-bond acceptors (Lipinski definition) is 3. The zero-order valence-electron chi connectivity index (χ0n) is 13.8. The second kappa shape index (κ2) is 10.8. The molecule has 21 heavy (non-hydrogen) atoms. The van der Waals surface area contributed by atoms with Crippen molar-refractivity contribution in [1.29, 1.82) is 0 Å². The second-order valence-corrected chi connectivity index (χ2v) is 6.07. The molecule has 1 saturated heterocycles. The van der Waals surface area contributed by atoms with Crippen LogP contribution < -0.4 is 5.32 Å². The number of nitrogens with one attached hydrogen (secondary N) is 1. The Balaban J connectivity index is 2.03. The Morgan fingerprint density at radius 3 is 2.19 bits per heavy atom. The van der Waals surface area contributed by atoms with E-state index in [1.165, 1.54) is 49.8 Å². The lowest BCUT2D eigenvalue weighted by Crippen LogP contribution is -2.39. The minimum atomic E-state index is -0.270. The van der Waals surface area contributed by atoms with Crippen molar-refractivity contribution in [2.75, 3.05) is 13.1 Å². The van der Waals surface area contributed by atoms with E-state index in [1.807, 2.05) is 6.92 Å². The van der Waals surface area contributed by atoms with Crippen LogP contribution in [-0.2, 0) is 9.59 Å². The van der Waals surface area contributed by atoms with Crippen LogP contribution in [0.25, 0.3) is 0 Å². The lowest BCUT2D eigenvalue weighted by atomic mass is 10.1. The van der Waals surface area contributed by atoms with Crippen LogP contribution in [0.3, 0.4) is 0 Å².